The van der Waals surface area contributed by atoms with E-state index in [1.54, 1.807) is 18.2 Å². The topological polar surface area (TPSA) is 52.6 Å². The summed E-state index contributed by atoms with van der Waals surface area (Å²) < 4.78 is 11.6. The van der Waals surface area contributed by atoms with Crippen LogP contribution in [0.3, 0.4) is 0 Å². The first-order chi connectivity index (χ1) is 16.2. The normalized spacial score (nSPS) is 14.5. The summed E-state index contributed by atoms with van der Waals surface area (Å²) in [7, 11) is 0. The molecule has 1 aliphatic carbocycles. The van der Waals surface area contributed by atoms with Crippen molar-refractivity contribution in [1.29, 1.82) is 0 Å². The summed E-state index contributed by atoms with van der Waals surface area (Å²) in [6.45, 7) is 2.50. The number of benzene rings is 3. The van der Waals surface area contributed by atoms with Crippen molar-refractivity contribution in [3.05, 3.63) is 90.0 Å². The maximum atomic E-state index is 13.4. The van der Waals surface area contributed by atoms with E-state index in [-0.39, 0.29) is 19.1 Å². The van der Waals surface area contributed by atoms with Gasteiger partial charge in [0.25, 0.3) is 0 Å². The highest BCUT2D eigenvalue weighted by Crippen LogP contribution is 2.32. The van der Waals surface area contributed by atoms with E-state index in [1.165, 1.54) is 0 Å². The Morgan fingerprint density at radius 2 is 1.59 bits per heavy atom. The minimum absolute atomic E-state index is 0. The smallest absolute Gasteiger partial charge is 0.339 e. The molecule has 4 nitrogen and oxygen atoms in total. The molecule has 0 bridgehead atoms. The number of esters is 1. The van der Waals surface area contributed by atoms with E-state index in [0.717, 1.165) is 49.0 Å². The number of ether oxygens (including phenoxy) is 2. The molecule has 1 atom stereocenters. The second kappa shape index (κ2) is 12.2. The van der Waals surface area contributed by atoms with Gasteiger partial charge in [-0.25, -0.2) is 4.79 Å². The molecule has 178 valence electrons. The van der Waals surface area contributed by atoms with Crippen LogP contribution in [0.4, 0.5) is 0 Å². The van der Waals surface area contributed by atoms with Gasteiger partial charge in [0.05, 0.1) is 12.2 Å². The molecule has 3 aromatic carbocycles. The monoisotopic (exact) mass is 458 g/mol. The van der Waals surface area contributed by atoms with Crippen molar-refractivity contribution in [3.8, 4) is 16.9 Å². The van der Waals surface area contributed by atoms with Crippen LogP contribution < -0.4 is 4.74 Å². The number of carbonyl (C=O) groups is 2. The molecule has 0 saturated heterocycles. The largest absolute Gasteiger partial charge is 0.494 e. The predicted molar refractivity (Wildman–Crippen MR) is 136 cm³/mol. The third kappa shape index (κ3) is 5.93. The number of ketones is 1. The zero-order chi connectivity index (χ0) is 23.0. The van der Waals surface area contributed by atoms with Gasteiger partial charge < -0.3 is 9.47 Å². The van der Waals surface area contributed by atoms with Gasteiger partial charge in [-0.2, -0.15) is 0 Å². The van der Waals surface area contributed by atoms with Gasteiger partial charge in [-0.15, -0.1) is 0 Å². The average molecular weight is 459 g/mol. The lowest BCUT2D eigenvalue weighted by molar-refractivity contribution is 0.0103. The molecule has 4 rings (SSSR count). The fourth-order valence-corrected chi connectivity index (χ4v) is 4.58. The van der Waals surface area contributed by atoms with Gasteiger partial charge in [-0.05, 0) is 49.1 Å². The van der Waals surface area contributed by atoms with Gasteiger partial charge in [-0.1, -0.05) is 87.4 Å². The fraction of sp³-hybridized carbons (Fsp3) is 0.333. The molecule has 1 saturated carbocycles. The first-order valence-corrected chi connectivity index (χ1v) is 11.8. The maximum Gasteiger partial charge on any atom is 0.339 e. The molecule has 0 aromatic heterocycles. The summed E-state index contributed by atoms with van der Waals surface area (Å²) in [6.07, 6.45) is 4.30. The van der Waals surface area contributed by atoms with E-state index < -0.39 is 12.1 Å². The summed E-state index contributed by atoms with van der Waals surface area (Å²) in [4.78, 5) is 26.8. The van der Waals surface area contributed by atoms with E-state index in [9.17, 15) is 9.59 Å². The fourth-order valence-electron chi connectivity index (χ4n) is 4.58. The Hall–Kier alpha value is -3.40. The third-order valence-electron chi connectivity index (χ3n) is 6.23. The average Bonchev–Trinajstić information content (AvgIpc) is 2.88. The Morgan fingerprint density at radius 1 is 0.882 bits per heavy atom. The van der Waals surface area contributed by atoms with Crippen LogP contribution in [0.25, 0.3) is 11.1 Å². The minimum atomic E-state index is -0.775. The second-order valence-electron chi connectivity index (χ2n) is 8.46. The molecule has 34 heavy (non-hydrogen) atoms. The summed E-state index contributed by atoms with van der Waals surface area (Å²) >= 11 is 0. The highest BCUT2D eigenvalue weighted by molar-refractivity contribution is 6.03. The molecule has 1 unspecified atom stereocenters. The van der Waals surface area contributed by atoms with Crippen molar-refractivity contribution in [2.24, 2.45) is 5.92 Å². The number of rotatable bonds is 8. The Morgan fingerprint density at radius 3 is 2.32 bits per heavy atom. The van der Waals surface area contributed by atoms with Gasteiger partial charge in [0, 0.05) is 11.5 Å². The molecule has 0 amide bonds. The molecule has 0 radical (unpaired) electrons. The quantitative estimate of drug-likeness (QED) is 0.261. The van der Waals surface area contributed by atoms with Crippen LogP contribution in [0, 0.1) is 5.92 Å². The lowest BCUT2D eigenvalue weighted by atomic mass is 9.82. The molecule has 4 heteroatoms. The van der Waals surface area contributed by atoms with Crippen LogP contribution >= 0.6 is 0 Å². The molecule has 0 heterocycles. The number of hydrogen-bond acceptors (Lipinski definition) is 4. The number of hydrogen-bond donors (Lipinski definition) is 0. The van der Waals surface area contributed by atoms with Gasteiger partial charge in [-0.3, -0.25) is 4.79 Å². The standard InChI is InChI=1S/C29H30O4.CH4/c1-2-32-24-17-11-16-23(20-24)25-18-9-10-19-26(25)29(31)33-28(22-14-7-4-8-15-22)27(30)21-12-5-3-6-13-21;/h3,5-6,9-13,16-20,22,28H,2,4,7-8,14-15H2,1H3;1H4. The molecule has 0 N–H and O–H groups in total. The molecule has 1 fully saturated rings. The first kappa shape index (κ1) is 25.2. The van der Waals surface area contributed by atoms with Crippen molar-refractivity contribution >= 4 is 11.8 Å². The lowest BCUT2D eigenvalue weighted by Crippen LogP contribution is -2.36. The van der Waals surface area contributed by atoms with Crippen molar-refractivity contribution < 1.29 is 19.1 Å². The van der Waals surface area contributed by atoms with Crippen LogP contribution in [-0.2, 0) is 4.74 Å². The Labute approximate surface area is 202 Å². The van der Waals surface area contributed by atoms with E-state index >= 15 is 0 Å². The second-order valence-corrected chi connectivity index (χ2v) is 8.46. The summed E-state index contributed by atoms with van der Waals surface area (Å²) in [5.41, 5.74) is 2.67. The zero-order valence-electron chi connectivity index (χ0n) is 19.0. The SMILES string of the molecule is C.CCOc1cccc(-c2ccccc2C(=O)OC(C(=O)c2ccccc2)C2CCCCC2)c1. The summed E-state index contributed by atoms with van der Waals surface area (Å²) in [5.74, 6) is 0.209. The van der Waals surface area contributed by atoms with Crippen LogP contribution in [-0.4, -0.2) is 24.5 Å². The Kier molecular flexibility index (Phi) is 9.03. The van der Waals surface area contributed by atoms with Crippen molar-refractivity contribution in [2.75, 3.05) is 6.61 Å². The van der Waals surface area contributed by atoms with Crippen molar-refractivity contribution in [2.45, 2.75) is 52.6 Å². The van der Waals surface area contributed by atoms with Crippen LogP contribution in [0.5, 0.6) is 5.75 Å². The molecule has 3 aromatic rings. The van der Waals surface area contributed by atoms with Gasteiger partial charge >= 0.3 is 5.97 Å². The molecular formula is C30H34O4. The van der Waals surface area contributed by atoms with Crippen LogP contribution in [0.15, 0.2) is 78.9 Å². The highest BCUT2D eigenvalue weighted by Gasteiger charge is 2.34. The number of Topliss-reactive ketones (excluding diaryl/α,β-unsaturated/α-hetero) is 1. The van der Waals surface area contributed by atoms with Gasteiger partial charge in [0.1, 0.15) is 5.75 Å². The van der Waals surface area contributed by atoms with E-state index in [2.05, 4.69) is 0 Å². The van der Waals surface area contributed by atoms with Crippen molar-refractivity contribution in [3.63, 3.8) is 0 Å². The van der Waals surface area contributed by atoms with Gasteiger partial charge in [0.15, 0.2) is 6.10 Å². The van der Waals surface area contributed by atoms with Crippen LogP contribution in [0.1, 0.15) is 67.2 Å². The zero-order valence-corrected chi connectivity index (χ0v) is 19.0. The van der Waals surface area contributed by atoms with Crippen LogP contribution in [0.2, 0.25) is 0 Å². The van der Waals surface area contributed by atoms with Gasteiger partial charge in [0.2, 0.25) is 5.78 Å². The molecule has 1 aliphatic rings. The molecule has 0 spiro atoms. The van der Waals surface area contributed by atoms with Crippen molar-refractivity contribution in [1.82, 2.24) is 0 Å². The molecular weight excluding hydrogens is 424 g/mol. The Balaban J connectivity index is 0.00000324. The predicted octanol–water partition coefficient (Wildman–Crippen LogP) is 7.38. The molecule has 0 aliphatic heterocycles. The van der Waals surface area contributed by atoms with E-state index in [0.29, 0.717) is 17.7 Å². The minimum Gasteiger partial charge on any atom is -0.494 e. The summed E-state index contributed by atoms with van der Waals surface area (Å²) in [5, 5.41) is 0. The maximum absolute atomic E-state index is 13.4. The van der Waals surface area contributed by atoms with E-state index in [1.807, 2.05) is 67.6 Å². The lowest BCUT2D eigenvalue weighted by Gasteiger charge is -2.29. The highest BCUT2D eigenvalue weighted by atomic mass is 16.5. The summed E-state index contributed by atoms with van der Waals surface area (Å²) in [6, 6.07) is 24.2. The van der Waals surface area contributed by atoms with E-state index in [4.69, 9.17) is 9.47 Å². The number of carbonyl (C=O) groups excluding carboxylic acids is 2. The third-order valence-corrected chi connectivity index (χ3v) is 6.23. The Bertz CT molecular complexity index is 1080. The first-order valence-electron chi connectivity index (χ1n) is 11.8.